The lowest BCUT2D eigenvalue weighted by Crippen LogP contribution is -2.56. The maximum Gasteiger partial charge on any atom is 0.261 e. The van der Waals surface area contributed by atoms with E-state index in [0.29, 0.717) is 23.7 Å². The molecule has 6 nitrogen and oxygen atoms in total. The molecule has 3 rings (SSSR count). The molecular formula is C23H33ClN4O2S. The van der Waals surface area contributed by atoms with Crippen LogP contribution in [0, 0.1) is 0 Å². The summed E-state index contributed by atoms with van der Waals surface area (Å²) in [7, 11) is -3.64. The van der Waals surface area contributed by atoms with Crippen molar-refractivity contribution in [2.24, 2.45) is 0 Å². The molecule has 2 heterocycles. The minimum Gasteiger partial charge on any atom is -0.354 e. The van der Waals surface area contributed by atoms with E-state index in [1.54, 1.807) is 24.4 Å². The normalized spacial score (nSPS) is 19.7. The third-order valence-corrected chi connectivity index (χ3v) is 7.02. The minimum atomic E-state index is -3.64. The zero-order valence-corrected chi connectivity index (χ0v) is 20.3. The standard InChI is InChI=1S/C23H32N4O2S.ClH/c1-6-13-27-18(4)15-26(16-19(27)5)23-12-9-21(14-24-23)25-30(28,29)22-10-7-20(8-11-22)17(2)3;/h6-12,14,17-19,25H,1,13,15-16H2,2-5H3;1H. The molecule has 0 spiro atoms. The van der Waals surface area contributed by atoms with E-state index in [-0.39, 0.29) is 17.3 Å². The van der Waals surface area contributed by atoms with Gasteiger partial charge in [0.2, 0.25) is 0 Å². The molecule has 1 aromatic carbocycles. The van der Waals surface area contributed by atoms with Crippen molar-refractivity contribution in [3.05, 3.63) is 60.8 Å². The van der Waals surface area contributed by atoms with Gasteiger partial charge in [0.25, 0.3) is 10.0 Å². The number of halogens is 1. The highest BCUT2D eigenvalue weighted by molar-refractivity contribution is 7.92. The fourth-order valence-corrected chi connectivity index (χ4v) is 4.98. The van der Waals surface area contributed by atoms with Gasteiger partial charge in [-0.15, -0.1) is 19.0 Å². The number of anilines is 2. The molecule has 0 radical (unpaired) electrons. The second-order valence-electron chi connectivity index (χ2n) is 8.32. The number of piperazine rings is 1. The Balaban J connectivity index is 0.00000341. The number of nitrogens with zero attached hydrogens (tertiary/aromatic N) is 3. The third-order valence-electron chi connectivity index (χ3n) is 5.62. The van der Waals surface area contributed by atoms with Crippen LogP contribution in [-0.2, 0) is 10.0 Å². The summed E-state index contributed by atoms with van der Waals surface area (Å²) in [6.45, 7) is 15.0. The molecule has 1 saturated heterocycles. The van der Waals surface area contributed by atoms with E-state index in [9.17, 15) is 8.42 Å². The molecule has 1 aliphatic heterocycles. The van der Waals surface area contributed by atoms with E-state index < -0.39 is 10.0 Å². The Kier molecular flexibility index (Phi) is 8.51. The van der Waals surface area contributed by atoms with Gasteiger partial charge >= 0.3 is 0 Å². The summed E-state index contributed by atoms with van der Waals surface area (Å²) >= 11 is 0. The summed E-state index contributed by atoms with van der Waals surface area (Å²) in [5.41, 5.74) is 1.56. The average Bonchev–Trinajstić information content (AvgIpc) is 2.71. The number of sulfonamides is 1. The fourth-order valence-electron chi connectivity index (χ4n) is 3.93. The molecule has 1 fully saturated rings. The first-order valence-corrected chi connectivity index (χ1v) is 11.9. The lowest BCUT2D eigenvalue weighted by atomic mass is 10.0. The number of hydrogen-bond donors (Lipinski definition) is 1. The number of benzene rings is 1. The average molecular weight is 465 g/mol. The molecule has 1 N–H and O–H groups in total. The van der Waals surface area contributed by atoms with Gasteiger partial charge in [0.05, 0.1) is 16.8 Å². The Hall–Kier alpha value is -2.09. The number of aromatic nitrogens is 1. The smallest absolute Gasteiger partial charge is 0.261 e. The van der Waals surface area contributed by atoms with E-state index in [1.807, 2.05) is 24.3 Å². The van der Waals surface area contributed by atoms with Crippen LogP contribution in [0.25, 0.3) is 0 Å². The number of hydrogen-bond acceptors (Lipinski definition) is 5. The zero-order valence-electron chi connectivity index (χ0n) is 18.7. The summed E-state index contributed by atoms with van der Waals surface area (Å²) in [4.78, 5) is 9.44. The van der Waals surface area contributed by atoms with Crippen molar-refractivity contribution in [3.8, 4) is 0 Å². The van der Waals surface area contributed by atoms with Crippen LogP contribution in [0.15, 0.2) is 60.1 Å². The first-order valence-electron chi connectivity index (χ1n) is 10.4. The SMILES string of the molecule is C=CCN1C(C)CN(c2ccc(NS(=O)(=O)c3ccc(C(C)C)cc3)cn2)CC1C.Cl. The summed E-state index contributed by atoms with van der Waals surface area (Å²) in [6, 6.07) is 11.4. The Labute approximate surface area is 192 Å². The summed E-state index contributed by atoms with van der Waals surface area (Å²) in [5, 5.41) is 0. The lowest BCUT2D eigenvalue weighted by Gasteiger charge is -2.44. The summed E-state index contributed by atoms with van der Waals surface area (Å²) in [6.07, 6.45) is 3.53. The fraction of sp³-hybridized carbons (Fsp3) is 0.435. The first kappa shape index (κ1) is 25.2. The molecule has 2 atom stereocenters. The molecule has 8 heteroatoms. The lowest BCUT2D eigenvalue weighted by molar-refractivity contribution is 0.148. The Bertz CT molecular complexity index is 950. The van der Waals surface area contributed by atoms with E-state index in [0.717, 1.165) is 31.0 Å². The van der Waals surface area contributed by atoms with Crippen molar-refractivity contribution in [2.75, 3.05) is 29.3 Å². The maximum absolute atomic E-state index is 12.7. The van der Waals surface area contributed by atoms with Crippen LogP contribution in [0.3, 0.4) is 0 Å². The van der Waals surface area contributed by atoms with Crippen molar-refractivity contribution >= 4 is 33.9 Å². The Morgan fingerprint density at radius 2 is 1.74 bits per heavy atom. The molecular weight excluding hydrogens is 432 g/mol. The number of nitrogens with one attached hydrogen (secondary N) is 1. The van der Waals surface area contributed by atoms with Crippen LogP contribution in [0.2, 0.25) is 0 Å². The highest BCUT2D eigenvalue weighted by Crippen LogP contribution is 2.23. The molecule has 1 aromatic heterocycles. The molecule has 1 aliphatic rings. The van der Waals surface area contributed by atoms with Gasteiger partial charge in [-0.1, -0.05) is 32.1 Å². The van der Waals surface area contributed by atoms with Crippen LogP contribution in [-0.4, -0.2) is 50.0 Å². The quantitative estimate of drug-likeness (QED) is 0.610. The summed E-state index contributed by atoms with van der Waals surface area (Å²) in [5.74, 6) is 1.21. The van der Waals surface area contributed by atoms with E-state index in [4.69, 9.17) is 0 Å². The number of rotatable bonds is 7. The predicted octanol–water partition coefficient (Wildman–Crippen LogP) is 4.51. The second kappa shape index (κ2) is 10.5. The van der Waals surface area contributed by atoms with Crippen LogP contribution < -0.4 is 9.62 Å². The van der Waals surface area contributed by atoms with Crippen molar-refractivity contribution in [3.63, 3.8) is 0 Å². The van der Waals surface area contributed by atoms with Gasteiger partial charge in [-0.25, -0.2) is 13.4 Å². The van der Waals surface area contributed by atoms with Gasteiger partial charge in [-0.05, 0) is 49.6 Å². The van der Waals surface area contributed by atoms with Gasteiger partial charge in [0, 0.05) is 31.7 Å². The molecule has 0 amide bonds. The third kappa shape index (κ3) is 5.99. The van der Waals surface area contributed by atoms with Crippen molar-refractivity contribution in [1.82, 2.24) is 9.88 Å². The minimum absolute atomic E-state index is 0. The molecule has 0 saturated carbocycles. The topological polar surface area (TPSA) is 65.5 Å². The van der Waals surface area contributed by atoms with Gasteiger partial charge in [-0.2, -0.15) is 0 Å². The zero-order chi connectivity index (χ0) is 21.9. The van der Waals surface area contributed by atoms with Gasteiger partial charge in [-0.3, -0.25) is 9.62 Å². The molecule has 0 bridgehead atoms. The van der Waals surface area contributed by atoms with Gasteiger partial charge in [0.15, 0.2) is 0 Å². The maximum atomic E-state index is 12.7. The second-order valence-corrected chi connectivity index (χ2v) is 10.0. The highest BCUT2D eigenvalue weighted by Gasteiger charge is 2.29. The van der Waals surface area contributed by atoms with E-state index in [1.165, 1.54) is 0 Å². The predicted molar refractivity (Wildman–Crippen MR) is 131 cm³/mol. The van der Waals surface area contributed by atoms with Gasteiger partial charge < -0.3 is 4.90 Å². The highest BCUT2D eigenvalue weighted by atomic mass is 35.5. The van der Waals surface area contributed by atoms with Crippen molar-refractivity contribution < 1.29 is 8.42 Å². The van der Waals surface area contributed by atoms with Crippen molar-refractivity contribution in [2.45, 2.75) is 50.6 Å². The van der Waals surface area contributed by atoms with Crippen LogP contribution in [0.5, 0.6) is 0 Å². The monoisotopic (exact) mass is 464 g/mol. The molecule has 2 aromatic rings. The van der Waals surface area contributed by atoms with Crippen LogP contribution in [0.4, 0.5) is 11.5 Å². The molecule has 0 aliphatic carbocycles. The Morgan fingerprint density at radius 3 is 2.23 bits per heavy atom. The van der Waals surface area contributed by atoms with Crippen LogP contribution in [0.1, 0.15) is 39.2 Å². The van der Waals surface area contributed by atoms with E-state index >= 15 is 0 Å². The van der Waals surface area contributed by atoms with Crippen LogP contribution >= 0.6 is 12.4 Å². The first-order chi connectivity index (χ1) is 14.2. The van der Waals surface area contributed by atoms with Crippen molar-refractivity contribution in [1.29, 1.82) is 0 Å². The number of pyridine rings is 1. The molecule has 170 valence electrons. The van der Waals surface area contributed by atoms with Gasteiger partial charge in [0.1, 0.15) is 5.82 Å². The largest absolute Gasteiger partial charge is 0.354 e. The van der Waals surface area contributed by atoms with E-state index in [2.05, 4.69) is 53.8 Å². The summed E-state index contributed by atoms with van der Waals surface area (Å²) < 4.78 is 28.0. The molecule has 2 unspecified atom stereocenters. The molecule has 31 heavy (non-hydrogen) atoms. The Morgan fingerprint density at radius 1 is 1.13 bits per heavy atom.